The van der Waals surface area contributed by atoms with Crippen LogP contribution >= 0.6 is 0 Å². The van der Waals surface area contributed by atoms with E-state index in [2.05, 4.69) is 16.7 Å². The van der Waals surface area contributed by atoms with Crippen molar-refractivity contribution >= 4 is 0 Å². The molecule has 1 saturated heterocycles. The van der Waals surface area contributed by atoms with Crippen LogP contribution in [0.25, 0.3) is 0 Å². The highest BCUT2D eigenvalue weighted by molar-refractivity contribution is 4.73. The molecule has 1 aliphatic heterocycles. The number of hydrogen-bond acceptors (Lipinski definition) is 3. The second kappa shape index (κ2) is 7.20. The largest absolute Gasteiger partial charge is 0.392 e. The highest BCUT2D eigenvalue weighted by atomic mass is 16.3. The Kier molecular flexibility index (Phi) is 6.22. The van der Waals surface area contributed by atoms with Crippen molar-refractivity contribution in [2.75, 3.05) is 39.3 Å². The molecular weight excluding hydrogens is 188 g/mol. The lowest BCUT2D eigenvalue weighted by atomic mass is 10.2. The minimum Gasteiger partial charge on any atom is -0.392 e. The van der Waals surface area contributed by atoms with Crippen molar-refractivity contribution in [3.8, 4) is 0 Å². The van der Waals surface area contributed by atoms with Crippen LogP contribution in [0.4, 0.5) is 0 Å². The van der Waals surface area contributed by atoms with Crippen molar-refractivity contribution in [1.82, 2.24) is 9.80 Å². The van der Waals surface area contributed by atoms with Crippen molar-refractivity contribution < 1.29 is 5.11 Å². The third-order valence-corrected chi connectivity index (χ3v) is 3.23. The topological polar surface area (TPSA) is 26.7 Å². The molecule has 1 aliphatic rings. The van der Waals surface area contributed by atoms with E-state index < -0.39 is 0 Å². The maximum absolute atomic E-state index is 9.56. The molecule has 3 heteroatoms. The van der Waals surface area contributed by atoms with E-state index in [1.54, 1.807) is 0 Å². The molecule has 1 N–H and O–H groups in total. The van der Waals surface area contributed by atoms with E-state index in [9.17, 15) is 5.11 Å². The smallest absolute Gasteiger partial charge is 0.0664 e. The summed E-state index contributed by atoms with van der Waals surface area (Å²) < 4.78 is 0. The van der Waals surface area contributed by atoms with Crippen molar-refractivity contribution in [2.45, 2.75) is 39.2 Å². The van der Waals surface area contributed by atoms with Gasteiger partial charge in [-0.15, -0.1) is 0 Å². The molecule has 0 aromatic heterocycles. The average Bonchev–Trinajstić information content (AvgIpc) is 2.28. The van der Waals surface area contributed by atoms with Crippen LogP contribution < -0.4 is 0 Å². The Bertz CT molecular complexity index is 156. The Balaban J connectivity index is 2.12. The first-order valence-corrected chi connectivity index (χ1v) is 6.39. The zero-order chi connectivity index (χ0) is 11.1. The van der Waals surface area contributed by atoms with Gasteiger partial charge in [0.2, 0.25) is 0 Å². The van der Waals surface area contributed by atoms with E-state index >= 15 is 0 Å². The summed E-state index contributed by atoms with van der Waals surface area (Å²) in [6.45, 7) is 11.0. The SMILES string of the molecule is CCCCN1CCN(CC(O)CC)CC1. The van der Waals surface area contributed by atoms with E-state index in [1.165, 1.54) is 32.5 Å². The fraction of sp³-hybridized carbons (Fsp3) is 1.00. The molecule has 1 fully saturated rings. The molecule has 0 bridgehead atoms. The van der Waals surface area contributed by atoms with Gasteiger partial charge >= 0.3 is 0 Å². The van der Waals surface area contributed by atoms with Crippen LogP contribution in [0.2, 0.25) is 0 Å². The lowest BCUT2D eigenvalue weighted by Crippen LogP contribution is -2.48. The standard InChI is InChI=1S/C12H26N2O/c1-3-5-6-13-7-9-14(10-8-13)11-12(15)4-2/h12,15H,3-11H2,1-2H3. The Hall–Kier alpha value is -0.120. The minimum atomic E-state index is -0.132. The summed E-state index contributed by atoms with van der Waals surface area (Å²) in [5.74, 6) is 0. The average molecular weight is 214 g/mol. The van der Waals surface area contributed by atoms with Gasteiger partial charge in [-0.05, 0) is 19.4 Å². The second-order valence-corrected chi connectivity index (χ2v) is 4.56. The number of aliphatic hydroxyl groups excluding tert-OH is 1. The normalized spacial score (nSPS) is 21.8. The summed E-state index contributed by atoms with van der Waals surface area (Å²) in [4.78, 5) is 4.93. The van der Waals surface area contributed by atoms with Crippen LogP contribution in [0, 0.1) is 0 Å². The van der Waals surface area contributed by atoms with Crippen LogP contribution in [-0.4, -0.2) is 60.3 Å². The van der Waals surface area contributed by atoms with E-state index in [-0.39, 0.29) is 6.10 Å². The summed E-state index contributed by atoms with van der Waals surface area (Å²) in [6, 6.07) is 0. The minimum absolute atomic E-state index is 0.132. The van der Waals surface area contributed by atoms with Gasteiger partial charge in [0.15, 0.2) is 0 Å². The van der Waals surface area contributed by atoms with Gasteiger partial charge in [0.25, 0.3) is 0 Å². The predicted octanol–water partition coefficient (Wildman–Crippen LogP) is 1.17. The first kappa shape index (κ1) is 12.9. The molecule has 0 radical (unpaired) electrons. The van der Waals surface area contributed by atoms with Crippen molar-refractivity contribution in [3.63, 3.8) is 0 Å². The summed E-state index contributed by atoms with van der Waals surface area (Å²) in [5, 5.41) is 9.56. The van der Waals surface area contributed by atoms with Crippen molar-refractivity contribution in [3.05, 3.63) is 0 Å². The summed E-state index contributed by atoms with van der Waals surface area (Å²) in [6.07, 6.45) is 3.34. The van der Waals surface area contributed by atoms with Gasteiger partial charge in [-0.3, -0.25) is 4.90 Å². The van der Waals surface area contributed by atoms with Crippen molar-refractivity contribution in [1.29, 1.82) is 0 Å². The maximum atomic E-state index is 9.56. The lowest BCUT2D eigenvalue weighted by Gasteiger charge is -2.35. The van der Waals surface area contributed by atoms with Crippen LogP contribution in [0.1, 0.15) is 33.1 Å². The molecule has 0 saturated carbocycles. The molecular formula is C12H26N2O. The third-order valence-electron chi connectivity index (χ3n) is 3.23. The summed E-state index contributed by atoms with van der Waals surface area (Å²) in [7, 11) is 0. The molecule has 1 rings (SSSR count). The van der Waals surface area contributed by atoms with Crippen molar-refractivity contribution in [2.24, 2.45) is 0 Å². The number of β-amino-alcohol motifs (C(OH)–C–C–N with tert-alkyl or cyclic N) is 1. The number of piperazine rings is 1. The number of hydrogen-bond donors (Lipinski definition) is 1. The number of aliphatic hydroxyl groups is 1. The van der Waals surface area contributed by atoms with Gasteiger partial charge in [-0.25, -0.2) is 0 Å². The van der Waals surface area contributed by atoms with E-state index in [0.29, 0.717) is 0 Å². The summed E-state index contributed by atoms with van der Waals surface area (Å²) >= 11 is 0. The van der Waals surface area contributed by atoms with Gasteiger partial charge < -0.3 is 10.0 Å². The molecule has 1 atom stereocenters. The fourth-order valence-electron chi connectivity index (χ4n) is 2.00. The highest BCUT2D eigenvalue weighted by Crippen LogP contribution is 2.05. The quantitative estimate of drug-likeness (QED) is 0.719. The molecule has 0 spiro atoms. The third kappa shape index (κ3) is 4.96. The van der Waals surface area contributed by atoms with Gasteiger partial charge in [0, 0.05) is 32.7 Å². The van der Waals surface area contributed by atoms with Gasteiger partial charge in [-0.2, -0.15) is 0 Å². The molecule has 90 valence electrons. The first-order chi connectivity index (χ1) is 7.26. The Morgan fingerprint density at radius 3 is 2.20 bits per heavy atom. The van der Waals surface area contributed by atoms with Gasteiger partial charge in [0.1, 0.15) is 0 Å². The molecule has 15 heavy (non-hydrogen) atoms. The van der Waals surface area contributed by atoms with Crippen LogP contribution in [0.15, 0.2) is 0 Å². The van der Waals surface area contributed by atoms with Gasteiger partial charge in [-0.1, -0.05) is 20.3 Å². The van der Waals surface area contributed by atoms with Crippen LogP contribution in [0.5, 0.6) is 0 Å². The van der Waals surface area contributed by atoms with E-state index in [0.717, 1.165) is 26.1 Å². The molecule has 0 aromatic rings. The zero-order valence-electron chi connectivity index (χ0n) is 10.3. The fourth-order valence-corrected chi connectivity index (χ4v) is 2.00. The Morgan fingerprint density at radius 2 is 1.67 bits per heavy atom. The lowest BCUT2D eigenvalue weighted by molar-refractivity contribution is 0.0706. The maximum Gasteiger partial charge on any atom is 0.0664 e. The van der Waals surface area contributed by atoms with E-state index in [1.807, 2.05) is 6.92 Å². The zero-order valence-corrected chi connectivity index (χ0v) is 10.3. The van der Waals surface area contributed by atoms with Gasteiger partial charge in [0.05, 0.1) is 6.10 Å². The summed E-state index contributed by atoms with van der Waals surface area (Å²) in [5.41, 5.74) is 0. The predicted molar refractivity (Wildman–Crippen MR) is 64.1 cm³/mol. The monoisotopic (exact) mass is 214 g/mol. The molecule has 1 heterocycles. The molecule has 0 aliphatic carbocycles. The van der Waals surface area contributed by atoms with Crippen LogP contribution in [0.3, 0.4) is 0 Å². The van der Waals surface area contributed by atoms with E-state index in [4.69, 9.17) is 0 Å². The second-order valence-electron chi connectivity index (χ2n) is 4.56. The molecule has 3 nitrogen and oxygen atoms in total. The molecule has 1 unspecified atom stereocenters. The number of unbranched alkanes of at least 4 members (excludes halogenated alkanes) is 1. The van der Waals surface area contributed by atoms with Crippen LogP contribution in [-0.2, 0) is 0 Å². The highest BCUT2D eigenvalue weighted by Gasteiger charge is 2.17. The first-order valence-electron chi connectivity index (χ1n) is 6.39. The number of nitrogens with zero attached hydrogens (tertiary/aromatic N) is 2. The Morgan fingerprint density at radius 1 is 1.07 bits per heavy atom. The molecule has 0 aromatic carbocycles. The Labute approximate surface area is 94.1 Å². The molecule has 0 amide bonds. The number of rotatable bonds is 6.